The third-order valence-electron chi connectivity index (χ3n) is 4.16. The van der Waals surface area contributed by atoms with E-state index in [1.54, 1.807) is 12.1 Å². The molecule has 2 N–H and O–H groups in total. The second-order valence-corrected chi connectivity index (χ2v) is 5.63. The van der Waals surface area contributed by atoms with E-state index in [-0.39, 0.29) is 23.6 Å². The largest absolute Gasteiger partial charge is 0.352 e. The first-order chi connectivity index (χ1) is 10.7. The maximum Gasteiger partial charge on any atom is 0.225 e. The van der Waals surface area contributed by atoms with Crippen molar-refractivity contribution >= 4 is 5.91 Å². The molecule has 22 heavy (non-hydrogen) atoms. The van der Waals surface area contributed by atoms with Crippen molar-refractivity contribution in [1.82, 2.24) is 10.6 Å². The monoisotopic (exact) mass is 298 g/mol. The fourth-order valence-corrected chi connectivity index (χ4v) is 2.93. The Morgan fingerprint density at radius 3 is 2.55 bits per heavy atom. The average molecular weight is 298 g/mol. The van der Waals surface area contributed by atoms with Crippen molar-refractivity contribution in [3.8, 4) is 0 Å². The van der Waals surface area contributed by atoms with Crippen molar-refractivity contribution < 1.29 is 9.18 Å². The van der Waals surface area contributed by atoms with Gasteiger partial charge in [-0.25, -0.2) is 4.39 Å². The Labute approximate surface area is 129 Å². The van der Waals surface area contributed by atoms with E-state index in [9.17, 15) is 9.18 Å². The third kappa shape index (κ3) is 3.34. The molecule has 0 aliphatic carbocycles. The molecule has 1 aliphatic rings. The van der Waals surface area contributed by atoms with Gasteiger partial charge in [-0.05, 0) is 23.3 Å². The van der Waals surface area contributed by atoms with Crippen LogP contribution in [0.25, 0.3) is 0 Å². The number of benzene rings is 2. The maximum atomic E-state index is 13.0. The van der Waals surface area contributed by atoms with Gasteiger partial charge in [0, 0.05) is 25.6 Å². The zero-order valence-corrected chi connectivity index (χ0v) is 12.3. The molecule has 2 atom stereocenters. The van der Waals surface area contributed by atoms with E-state index >= 15 is 0 Å². The van der Waals surface area contributed by atoms with Gasteiger partial charge in [0.25, 0.3) is 0 Å². The minimum atomic E-state index is -0.250. The lowest BCUT2D eigenvalue weighted by molar-refractivity contribution is -0.125. The highest BCUT2D eigenvalue weighted by atomic mass is 19.1. The third-order valence-corrected chi connectivity index (χ3v) is 4.16. The molecule has 0 aromatic heterocycles. The van der Waals surface area contributed by atoms with Crippen LogP contribution in [-0.2, 0) is 11.3 Å². The number of carbonyl (C=O) groups is 1. The highest BCUT2D eigenvalue weighted by Crippen LogP contribution is 2.28. The SMILES string of the molecule is O=C(NCc1ccccc1)[C@@H]1CNCC1c1ccc(F)cc1. The van der Waals surface area contributed by atoms with Crippen LogP contribution in [-0.4, -0.2) is 19.0 Å². The molecule has 4 heteroatoms. The van der Waals surface area contributed by atoms with Gasteiger partial charge in [-0.3, -0.25) is 4.79 Å². The molecule has 0 bridgehead atoms. The molecular formula is C18H19FN2O. The molecule has 1 unspecified atom stereocenters. The number of carbonyl (C=O) groups excluding carboxylic acids is 1. The lowest BCUT2D eigenvalue weighted by atomic mass is 9.88. The van der Waals surface area contributed by atoms with Crippen molar-refractivity contribution in [3.05, 3.63) is 71.5 Å². The molecular weight excluding hydrogens is 279 g/mol. The van der Waals surface area contributed by atoms with E-state index in [0.29, 0.717) is 13.1 Å². The van der Waals surface area contributed by atoms with Crippen LogP contribution >= 0.6 is 0 Å². The minimum Gasteiger partial charge on any atom is -0.352 e. The summed E-state index contributed by atoms with van der Waals surface area (Å²) in [5.41, 5.74) is 2.09. The zero-order chi connectivity index (χ0) is 15.4. The van der Waals surface area contributed by atoms with Gasteiger partial charge in [-0.1, -0.05) is 42.5 Å². The van der Waals surface area contributed by atoms with Crippen LogP contribution in [0.4, 0.5) is 4.39 Å². The van der Waals surface area contributed by atoms with E-state index in [0.717, 1.165) is 17.7 Å². The van der Waals surface area contributed by atoms with Gasteiger partial charge in [-0.15, -0.1) is 0 Å². The van der Waals surface area contributed by atoms with Gasteiger partial charge in [0.15, 0.2) is 0 Å². The molecule has 1 heterocycles. The number of nitrogens with one attached hydrogen (secondary N) is 2. The summed E-state index contributed by atoms with van der Waals surface area (Å²) in [7, 11) is 0. The van der Waals surface area contributed by atoms with E-state index < -0.39 is 0 Å². The number of rotatable bonds is 4. The quantitative estimate of drug-likeness (QED) is 0.910. The summed E-state index contributed by atoms with van der Waals surface area (Å²) in [6.07, 6.45) is 0. The van der Waals surface area contributed by atoms with Gasteiger partial charge in [0.05, 0.1) is 5.92 Å². The number of halogens is 1. The van der Waals surface area contributed by atoms with E-state index in [4.69, 9.17) is 0 Å². The predicted octanol–water partition coefficient (Wildman–Crippen LogP) is 2.45. The smallest absolute Gasteiger partial charge is 0.225 e. The lowest BCUT2D eigenvalue weighted by Crippen LogP contribution is -2.34. The van der Waals surface area contributed by atoms with Crippen LogP contribution in [0.5, 0.6) is 0 Å². The Morgan fingerprint density at radius 1 is 1.09 bits per heavy atom. The number of hydrogen-bond donors (Lipinski definition) is 2. The molecule has 0 saturated carbocycles. The van der Waals surface area contributed by atoms with Crippen molar-refractivity contribution in [2.45, 2.75) is 12.5 Å². The first-order valence-electron chi connectivity index (χ1n) is 7.52. The fraction of sp³-hybridized carbons (Fsp3) is 0.278. The first kappa shape index (κ1) is 14.7. The zero-order valence-electron chi connectivity index (χ0n) is 12.3. The highest BCUT2D eigenvalue weighted by molar-refractivity contribution is 5.80. The number of hydrogen-bond acceptors (Lipinski definition) is 2. The molecule has 3 rings (SSSR count). The van der Waals surface area contributed by atoms with Crippen LogP contribution in [0, 0.1) is 11.7 Å². The summed E-state index contributed by atoms with van der Waals surface area (Å²) in [6.45, 7) is 1.93. The molecule has 2 aromatic carbocycles. The van der Waals surface area contributed by atoms with Crippen LogP contribution in [0.3, 0.4) is 0 Å². The Balaban J connectivity index is 1.65. The van der Waals surface area contributed by atoms with Crippen LogP contribution in [0.1, 0.15) is 17.0 Å². The van der Waals surface area contributed by atoms with E-state index in [2.05, 4.69) is 10.6 Å². The summed E-state index contributed by atoms with van der Waals surface area (Å²) in [4.78, 5) is 12.4. The number of amides is 1. The second kappa shape index (κ2) is 6.71. The van der Waals surface area contributed by atoms with Crippen molar-refractivity contribution in [3.63, 3.8) is 0 Å². The topological polar surface area (TPSA) is 41.1 Å². The molecule has 0 radical (unpaired) electrons. The maximum absolute atomic E-state index is 13.0. The molecule has 1 saturated heterocycles. The van der Waals surface area contributed by atoms with Gasteiger partial charge in [0.1, 0.15) is 5.82 Å². The van der Waals surface area contributed by atoms with Gasteiger partial charge >= 0.3 is 0 Å². The summed E-state index contributed by atoms with van der Waals surface area (Å²) in [6, 6.07) is 16.3. The Kier molecular flexibility index (Phi) is 4.49. The van der Waals surface area contributed by atoms with Crippen LogP contribution in [0.15, 0.2) is 54.6 Å². The molecule has 114 valence electrons. The molecule has 1 fully saturated rings. The lowest BCUT2D eigenvalue weighted by Gasteiger charge is -2.18. The Hall–Kier alpha value is -2.20. The van der Waals surface area contributed by atoms with Gasteiger partial charge in [0.2, 0.25) is 5.91 Å². The minimum absolute atomic E-state index is 0.0446. The van der Waals surface area contributed by atoms with E-state index in [1.165, 1.54) is 12.1 Å². The van der Waals surface area contributed by atoms with Crippen molar-refractivity contribution in [2.24, 2.45) is 5.92 Å². The van der Waals surface area contributed by atoms with Crippen molar-refractivity contribution in [1.29, 1.82) is 0 Å². The molecule has 3 nitrogen and oxygen atoms in total. The van der Waals surface area contributed by atoms with Gasteiger partial charge in [-0.2, -0.15) is 0 Å². The standard InChI is InChI=1S/C18H19FN2O/c19-15-8-6-14(7-9-15)16-11-20-12-17(16)18(22)21-10-13-4-2-1-3-5-13/h1-9,16-17,20H,10-12H2,(H,21,22)/t16?,17-/m1/s1. The van der Waals surface area contributed by atoms with Gasteiger partial charge < -0.3 is 10.6 Å². The Morgan fingerprint density at radius 2 is 1.82 bits per heavy atom. The summed E-state index contributed by atoms with van der Waals surface area (Å²) >= 11 is 0. The summed E-state index contributed by atoms with van der Waals surface area (Å²) in [5.74, 6) is -0.228. The normalized spacial score (nSPS) is 20.8. The Bertz CT molecular complexity index is 627. The molecule has 1 amide bonds. The van der Waals surface area contributed by atoms with Crippen LogP contribution in [0.2, 0.25) is 0 Å². The highest BCUT2D eigenvalue weighted by Gasteiger charge is 2.33. The molecule has 0 spiro atoms. The summed E-state index contributed by atoms with van der Waals surface area (Å²) < 4.78 is 13.0. The predicted molar refractivity (Wildman–Crippen MR) is 83.8 cm³/mol. The van der Waals surface area contributed by atoms with Crippen molar-refractivity contribution in [2.75, 3.05) is 13.1 Å². The van der Waals surface area contributed by atoms with Crippen LogP contribution < -0.4 is 10.6 Å². The molecule has 2 aromatic rings. The first-order valence-corrected chi connectivity index (χ1v) is 7.52. The fourth-order valence-electron chi connectivity index (χ4n) is 2.93. The van der Waals surface area contributed by atoms with E-state index in [1.807, 2.05) is 30.3 Å². The second-order valence-electron chi connectivity index (χ2n) is 5.63. The average Bonchev–Trinajstić information content (AvgIpc) is 3.04. The summed E-state index contributed by atoms with van der Waals surface area (Å²) in [5, 5.41) is 6.26. The molecule has 1 aliphatic heterocycles.